The van der Waals surface area contributed by atoms with Gasteiger partial charge in [-0.2, -0.15) is 0 Å². The highest BCUT2D eigenvalue weighted by atomic mass is 35.5. The molecule has 34 heavy (non-hydrogen) atoms. The molecule has 0 amide bonds. The van der Waals surface area contributed by atoms with E-state index in [0.717, 1.165) is 5.56 Å². The number of imidazole rings is 1. The summed E-state index contributed by atoms with van der Waals surface area (Å²) in [4.78, 5) is 13.0. The first-order valence-corrected chi connectivity index (χ1v) is 11.2. The van der Waals surface area contributed by atoms with E-state index in [4.69, 9.17) is 27.9 Å². The van der Waals surface area contributed by atoms with Crippen LogP contribution in [-0.4, -0.2) is 31.7 Å². The summed E-state index contributed by atoms with van der Waals surface area (Å²) in [6.07, 6.45) is 4.87. The smallest absolute Gasteiger partial charge is 0.213 e. The highest BCUT2D eigenvalue weighted by Gasteiger charge is 2.37. The van der Waals surface area contributed by atoms with Crippen molar-refractivity contribution in [3.63, 3.8) is 0 Å². The summed E-state index contributed by atoms with van der Waals surface area (Å²) >= 11 is 13.4. The maximum absolute atomic E-state index is 12.3. The average molecular weight is 491 g/mol. The molecule has 5 aromatic rings. The van der Waals surface area contributed by atoms with Crippen molar-refractivity contribution in [1.82, 2.24) is 19.5 Å². The number of hydrogen-bond acceptors (Lipinski definition) is 5. The minimum absolute atomic E-state index is 0.317. The number of ether oxygens (including phenoxy) is 1. The van der Waals surface area contributed by atoms with Crippen LogP contribution < -0.4 is 4.74 Å². The van der Waals surface area contributed by atoms with Gasteiger partial charge >= 0.3 is 0 Å². The zero-order valence-corrected chi connectivity index (χ0v) is 19.9. The van der Waals surface area contributed by atoms with Gasteiger partial charge in [-0.1, -0.05) is 59.6 Å². The lowest BCUT2D eigenvalue weighted by atomic mass is 9.83. The summed E-state index contributed by atoms with van der Waals surface area (Å²) in [6.45, 7) is 0. The van der Waals surface area contributed by atoms with Crippen molar-refractivity contribution in [2.45, 2.75) is 5.60 Å². The maximum Gasteiger partial charge on any atom is 0.213 e. The Morgan fingerprint density at radius 3 is 2.47 bits per heavy atom. The Balaban J connectivity index is 1.78. The molecule has 1 atom stereocenters. The van der Waals surface area contributed by atoms with Gasteiger partial charge in [0, 0.05) is 35.8 Å². The van der Waals surface area contributed by atoms with Gasteiger partial charge in [0.15, 0.2) is 5.60 Å². The lowest BCUT2D eigenvalue weighted by molar-refractivity contribution is 0.117. The van der Waals surface area contributed by atoms with Gasteiger partial charge in [-0.25, -0.2) is 15.0 Å². The van der Waals surface area contributed by atoms with Gasteiger partial charge in [0.05, 0.1) is 35.9 Å². The van der Waals surface area contributed by atoms with Crippen LogP contribution in [0.25, 0.3) is 22.0 Å². The van der Waals surface area contributed by atoms with E-state index >= 15 is 0 Å². The highest BCUT2D eigenvalue weighted by Crippen LogP contribution is 2.42. The number of pyridine rings is 2. The zero-order chi connectivity index (χ0) is 23.9. The second-order valence-electron chi connectivity index (χ2n) is 7.88. The molecule has 0 aliphatic rings. The minimum atomic E-state index is -1.56. The molecule has 0 radical (unpaired) electrons. The molecule has 0 aliphatic heterocycles. The quantitative estimate of drug-likeness (QED) is 0.323. The van der Waals surface area contributed by atoms with Gasteiger partial charge in [-0.15, -0.1) is 0 Å². The van der Waals surface area contributed by atoms with E-state index in [2.05, 4.69) is 15.0 Å². The largest absolute Gasteiger partial charge is 0.481 e. The molecule has 0 spiro atoms. The Kier molecular flexibility index (Phi) is 5.73. The Morgan fingerprint density at radius 1 is 1.00 bits per heavy atom. The third-order valence-electron chi connectivity index (χ3n) is 5.91. The first kappa shape index (κ1) is 22.3. The predicted molar refractivity (Wildman–Crippen MR) is 133 cm³/mol. The fourth-order valence-corrected chi connectivity index (χ4v) is 4.88. The van der Waals surface area contributed by atoms with E-state index in [1.807, 2.05) is 49.5 Å². The number of methoxy groups -OCH3 is 1. The van der Waals surface area contributed by atoms with Crippen LogP contribution >= 0.6 is 23.2 Å². The SMILES string of the molecule is COc1cc(C(O)(c2ccc3nc(Cl)c(-c4ccccc4)c(Cl)c3c2)c2cncn2C)ccn1. The van der Waals surface area contributed by atoms with Crippen LogP contribution in [0.5, 0.6) is 5.88 Å². The fourth-order valence-electron chi connectivity index (χ4n) is 4.19. The van der Waals surface area contributed by atoms with E-state index in [-0.39, 0.29) is 0 Å². The summed E-state index contributed by atoms with van der Waals surface area (Å²) < 4.78 is 7.08. The van der Waals surface area contributed by atoms with Crippen molar-refractivity contribution in [3.05, 3.63) is 106 Å². The Morgan fingerprint density at radius 2 is 1.76 bits per heavy atom. The third kappa shape index (κ3) is 3.60. The van der Waals surface area contributed by atoms with Crippen LogP contribution in [0.1, 0.15) is 16.8 Å². The number of hydrogen-bond donors (Lipinski definition) is 1. The van der Waals surface area contributed by atoms with Gasteiger partial charge in [-0.3, -0.25) is 0 Å². The molecule has 3 heterocycles. The summed E-state index contributed by atoms with van der Waals surface area (Å²) in [7, 11) is 3.36. The van der Waals surface area contributed by atoms with Gasteiger partial charge in [0.2, 0.25) is 5.88 Å². The molecule has 6 nitrogen and oxygen atoms in total. The van der Waals surface area contributed by atoms with Crippen molar-refractivity contribution in [2.24, 2.45) is 7.05 Å². The molecule has 0 saturated carbocycles. The maximum atomic E-state index is 12.3. The van der Waals surface area contributed by atoms with Crippen LogP contribution in [0, 0.1) is 0 Å². The molecule has 8 heteroatoms. The topological polar surface area (TPSA) is 73.1 Å². The van der Waals surface area contributed by atoms with Crippen molar-refractivity contribution in [3.8, 4) is 17.0 Å². The predicted octanol–water partition coefficient (Wildman–Crippen LogP) is 5.63. The van der Waals surface area contributed by atoms with E-state index in [0.29, 0.717) is 49.3 Å². The van der Waals surface area contributed by atoms with E-state index < -0.39 is 5.60 Å². The highest BCUT2D eigenvalue weighted by molar-refractivity contribution is 6.42. The van der Waals surface area contributed by atoms with Crippen LogP contribution in [-0.2, 0) is 12.6 Å². The van der Waals surface area contributed by atoms with Gasteiger partial charge in [0.25, 0.3) is 0 Å². The average Bonchev–Trinajstić information content (AvgIpc) is 3.30. The normalized spacial score (nSPS) is 13.1. The van der Waals surface area contributed by atoms with Crippen molar-refractivity contribution >= 4 is 34.1 Å². The number of halogens is 2. The van der Waals surface area contributed by atoms with Crippen molar-refractivity contribution < 1.29 is 9.84 Å². The lowest BCUT2D eigenvalue weighted by Gasteiger charge is -2.30. The number of aryl methyl sites for hydroxylation is 1. The number of fused-ring (bicyclic) bond motifs is 1. The monoisotopic (exact) mass is 490 g/mol. The standard InChI is InChI=1S/C26H20Cl2N4O2/c1-32-15-29-14-21(32)26(33,18-10-11-30-22(13-18)34-2)17-8-9-20-19(12-17)24(27)23(25(28)31-20)16-6-4-3-5-7-16/h3-15,33H,1-2H3. The van der Waals surface area contributed by atoms with Crippen LogP contribution in [0.4, 0.5) is 0 Å². The first-order valence-electron chi connectivity index (χ1n) is 10.5. The second kappa shape index (κ2) is 8.72. The molecule has 3 aromatic heterocycles. The summed E-state index contributed by atoms with van der Waals surface area (Å²) in [5.74, 6) is 0.386. The lowest BCUT2D eigenvalue weighted by Crippen LogP contribution is -2.31. The van der Waals surface area contributed by atoms with Gasteiger partial charge in [0.1, 0.15) is 5.15 Å². The Labute approximate surface area is 206 Å². The summed E-state index contributed by atoms with van der Waals surface area (Å²) in [6, 6.07) is 18.5. The summed E-state index contributed by atoms with van der Waals surface area (Å²) in [5.41, 5.74) is 2.29. The summed E-state index contributed by atoms with van der Waals surface area (Å²) in [5, 5.41) is 13.7. The number of rotatable bonds is 5. The van der Waals surface area contributed by atoms with Gasteiger partial charge in [-0.05, 0) is 29.3 Å². The fraction of sp³-hybridized carbons (Fsp3) is 0.115. The third-order valence-corrected chi connectivity index (χ3v) is 6.57. The van der Waals surface area contributed by atoms with Crippen molar-refractivity contribution in [2.75, 3.05) is 7.11 Å². The molecule has 0 bridgehead atoms. The Hall–Kier alpha value is -3.45. The van der Waals surface area contributed by atoms with E-state index in [1.165, 1.54) is 7.11 Å². The minimum Gasteiger partial charge on any atom is -0.481 e. The van der Waals surface area contributed by atoms with E-state index in [9.17, 15) is 5.11 Å². The Bertz CT molecular complexity index is 1500. The number of aromatic nitrogens is 4. The molecular weight excluding hydrogens is 471 g/mol. The molecule has 0 saturated heterocycles. The number of aliphatic hydroxyl groups is 1. The van der Waals surface area contributed by atoms with Crippen molar-refractivity contribution in [1.29, 1.82) is 0 Å². The molecule has 170 valence electrons. The molecular formula is C26H20Cl2N4O2. The molecule has 0 aliphatic carbocycles. The molecule has 5 rings (SSSR count). The second-order valence-corrected chi connectivity index (χ2v) is 8.61. The number of nitrogens with zero attached hydrogens (tertiary/aromatic N) is 4. The zero-order valence-electron chi connectivity index (χ0n) is 18.4. The first-order chi connectivity index (χ1) is 16.4. The molecule has 1 N–H and O–H groups in total. The van der Waals surface area contributed by atoms with Crippen LogP contribution in [0.3, 0.4) is 0 Å². The molecule has 1 unspecified atom stereocenters. The molecule has 2 aromatic carbocycles. The number of benzene rings is 2. The van der Waals surface area contributed by atoms with Gasteiger partial charge < -0.3 is 14.4 Å². The molecule has 0 fully saturated rings. The van der Waals surface area contributed by atoms with E-state index in [1.54, 1.807) is 41.5 Å². The van der Waals surface area contributed by atoms with Crippen LogP contribution in [0.15, 0.2) is 79.4 Å². The van der Waals surface area contributed by atoms with Crippen LogP contribution in [0.2, 0.25) is 10.2 Å².